The molecule has 0 bridgehead atoms. The molecule has 6 aliphatic rings. The summed E-state index contributed by atoms with van der Waals surface area (Å²) in [4.78, 5) is 0. The Kier molecular flexibility index (Phi) is 10.8. The van der Waals surface area contributed by atoms with Crippen LogP contribution in [0.15, 0.2) is 255 Å². The van der Waals surface area contributed by atoms with Crippen LogP contribution in [0.4, 0.5) is 0 Å². The van der Waals surface area contributed by atoms with Crippen molar-refractivity contribution in [1.82, 2.24) is 0 Å². The van der Waals surface area contributed by atoms with Crippen LogP contribution in [0.1, 0.15) is 74.9 Å². The highest BCUT2D eigenvalue weighted by atomic mass is 16.5. The van der Waals surface area contributed by atoms with Gasteiger partial charge in [0.1, 0.15) is 17.2 Å². The zero-order valence-corrected chi connectivity index (χ0v) is 55.9. The number of ether oxygens (including phenoxy) is 3. The largest absolute Gasteiger partial charge is 0.434 e. The third kappa shape index (κ3) is 7.37. The standard InChI is InChI=1S/3C31H22NO/c1-31(2)25-15-21-13-19-8-3-4-9-20(19)14-23(21)30-28(25)29-26(31)16-24-22-10-6-5-7-18(22)11-12-27(24)32(29)17-33-30;1-31(2)26-15-21-13-19-8-3-4-9-20(19)14-24(21)30-27(26)29-28(31)23-12-11-18-7-5-6-10-22(18)25(23)16-32(29)17-33-30;1-31(2)25-16-22-13-19-8-3-4-9-20(19)14-24(22)30-27(25)29-26(31)15-21-12-11-18-7-5-6-10-23(18)28(21)32(29)17-33-30/h3*3-16H,17H2,1-2H3/q3*+1. The van der Waals surface area contributed by atoms with Crippen molar-refractivity contribution in [2.75, 3.05) is 0 Å². The minimum absolute atomic E-state index is 0.0888. The quantitative estimate of drug-likeness (QED) is 0.0863. The molecule has 0 saturated heterocycles. The lowest BCUT2D eigenvalue weighted by atomic mass is 9.79. The summed E-state index contributed by atoms with van der Waals surface area (Å²) < 4.78 is 26.9. The minimum atomic E-state index is -0.114. The van der Waals surface area contributed by atoms with Gasteiger partial charge in [0.2, 0.25) is 28.1 Å². The predicted octanol–water partition coefficient (Wildman–Crippen LogP) is 21.7. The number of benzene rings is 15. The van der Waals surface area contributed by atoms with Gasteiger partial charge in [0.15, 0.2) is 6.20 Å². The van der Waals surface area contributed by atoms with Crippen LogP contribution in [0.3, 0.4) is 0 Å². The summed E-state index contributed by atoms with van der Waals surface area (Å²) >= 11 is 0. The molecule has 3 aliphatic heterocycles. The first-order valence-corrected chi connectivity index (χ1v) is 34.9. The molecule has 99 heavy (non-hydrogen) atoms. The second-order valence-electron chi connectivity index (χ2n) is 30.0. The van der Waals surface area contributed by atoms with Crippen LogP contribution >= 0.6 is 0 Å². The van der Waals surface area contributed by atoms with Gasteiger partial charge in [0.05, 0.1) is 32.8 Å². The van der Waals surface area contributed by atoms with Gasteiger partial charge in [-0.05, 0) is 182 Å². The molecule has 0 saturated carbocycles. The summed E-state index contributed by atoms with van der Waals surface area (Å²) in [5.74, 6) is 3.13. The van der Waals surface area contributed by atoms with E-state index in [-0.39, 0.29) is 16.2 Å². The molecule has 0 unspecified atom stereocenters. The Labute approximate surface area is 571 Å². The highest BCUT2D eigenvalue weighted by Gasteiger charge is 2.51. The van der Waals surface area contributed by atoms with Gasteiger partial charge in [-0.15, -0.1) is 0 Å². The zero-order valence-electron chi connectivity index (χ0n) is 55.9. The van der Waals surface area contributed by atoms with Gasteiger partial charge in [-0.2, -0.15) is 13.7 Å². The van der Waals surface area contributed by atoms with Gasteiger partial charge < -0.3 is 14.2 Å². The molecular formula is C93H66N3O3+3. The van der Waals surface area contributed by atoms with E-state index in [4.69, 9.17) is 14.2 Å². The lowest BCUT2D eigenvalue weighted by molar-refractivity contribution is -0.716. The Morgan fingerprint density at radius 1 is 0.263 bits per heavy atom. The maximum Gasteiger partial charge on any atom is 0.293 e. The molecule has 3 aromatic heterocycles. The molecule has 15 aromatic carbocycles. The average Bonchev–Trinajstić information content (AvgIpc) is 1.52. The third-order valence-electron chi connectivity index (χ3n) is 23.7. The van der Waals surface area contributed by atoms with E-state index in [0.29, 0.717) is 20.2 Å². The zero-order chi connectivity index (χ0) is 65.7. The van der Waals surface area contributed by atoms with Crippen molar-refractivity contribution >= 4 is 130 Å². The van der Waals surface area contributed by atoms with E-state index < -0.39 is 0 Å². The number of rotatable bonds is 0. The van der Waals surface area contributed by atoms with Gasteiger partial charge in [-0.1, -0.05) is 199 Å². The van der Waals surface area contributed by atoms with E-state index in [2.05, 4.69) is 310 Å². The van der Waals surface area contributed by atoms with E-state index in [9.17, 15) is 0 Å². The molecule has 0 amide bonds. The minimum Gasteiger partial charge on any atom is -0.434 e. The Morgan fingerprint density at radius 2 is 0.646 bits per heavy atom. The normalized spacial score (nSPS) is 15.3. The first-order chi connectivity index (χ1) is 48.3. The van der Waals surface area contributed by atoms with Crippen molar-refractivity contribution in [3.8, 4) is 51.0 Å². The van der Waals surface area contributed by atoms with Crippen molar-refractivity contribution in [2.24, 2.45) is 0 Å². The van der Waals surface area contributed by atoms with Crippen LogP contribution in [-0.2, 0) is 36.4 Å². The molecule has 0 radical (unpaired) electrons. The monoisotopic (exact) mass is 1270 g/mol. The van der Waals surface area contributed by atoms with Crippen molar-refractivity contribution < 1.29 is 27.9 Å². The fourth-order valence-electron chi connectivity index (χ4n) is 18.8. The van der Waals surface area contributed by atoms with Crippen LogP contribution < -0.4 is 27.9 Å². The van der Waals surface area contributed by atoms with Crippen molar-refractivity contribution in [3.63, 3.8) is 0 Å². The maximum absolute atomic E-state index is 6.64. The number of fused-ring (bicyclic) bond motifs is 21. The fraction of sp³-hybridized carbons (Fsp3) is 0.129. The predicted molar refractivity (Wildman–Crippen MR) is 405 cm³/mol. The van der Waals surface area contributed by atoms with Crippen LogP contribution in [0.5, 0.6) is 17.2 Å². The van der Waals surface area contributed by atoms with Crippen LogP contribution in [0.2, 0.25) is 0 Å². The molecule has 468 valence electrons. The molecule has 0 fully saturated rings. The lowest BCUT2D eigenvalue weighted by Gasteiger charge is -2.22. The van der Waals surface area contributed by atoms with Crippen LogP contribution in [0, 0.1) is 0 Å². The molecule has 6 heteroatoms. The fourth-order valence-corrected chi connectivity index (χ4v) is 18.8. The summed E-state index contributed by atoms with van der Waals surface area (Å²) in [7, 11) is 0. The summed E-state index contributed by atoms with van der Waals surface area (Å²) in [6.07, 6.45) is 2.30. The van der Waals surface area contributed by atoms with Gasteiger partial charge in [0.25, 0.3) is 20.2 Å². The Bertz CT molecular complexity index is 6740. The smallest absolute Gasteiger partial charge is 0.293 e. The number of aromatic nitrogens is 3. The van der Waals surface area contributed by atoms with E-state index >= 15 is 0 Å². The Morgan fingerprint density at radius 3 is 1.19 bits per heavy atom. The first-order valence-electron chi connectivity index (χ1n) is 34.9. The van der Waals surface area contributed by atoms with E-state index in [0.717, 1.165) is 17.2 Å². The van der Waals surface area contributed by atoms with Gasteiger partial charge in [-0.3, -0.25) is 0 Å². The molecule has 24 rings (SSSR count). The SMILES string of the molecule is CC1(C)c2cc3cc4ccccc4cc3c3c2-c2c1c1ccc4ccccc4c1c[n+]2CO3.CC1(C)c2cc3cc4ccccc4cc3c3c2-c2c1cc1c4ccccc4ccc1[n+]2CO3.CC1(C)c2cc3cc4ccccc4cc3c3c2-c2c1cc1ccc4ccccc4c1[n+]2CO3. The summed E-state index contributed by atoms with van der Waals surface area (Å²) in [5.41, 5.74) is 18.3. The van der Waals surface area contributed by atoms with Crippen molar-refractivity contribution in [3.05, 3.63) is 288 Å². The Balaban J connectivity index is 0.0000000949. The lowest BCUT2D eigenvalue weighted by Crippen LogP contribution is -2.43. The first kappa shape index (κ1) is 55.4. The molecule has 6 nitrogen and oxygen atoms in total. The molecule has 6 heterocycles. The van der Waals surface area contributed by atoms with E-state index in [1.54, 1.807) is 0 Å². The maximum atomic E-state index is 6.64. The van der Waals surface area contributed by atoms with Gasteiger partial charge >= 0.3 is 0 Å². The van der Waals surface area contributed by atoms with E-state index in [1.807, 2.05) is 0 Å². The molecule has 0 spiro atoms. The molecular weight excluding hydrogens is 1210 g/mol. The number of hydrogen-bond acceptors (Lipinski definition) is 3. The summed E-state index contributed by atoms with van der Waals surface area (Å²) in [6.45, 7) is 15.8. The number of pyridine rings is 3. The Hall–Kier alpha value is -11.7. The summed E-state index contributed by atoms with van der Waals surface area (Å²) in [5, 5.41) is 27.9. The second-order valence-corrected chi connectivity index (χ2v) is 30.0. The van der Waals surface area contributed by atoms with E-state index in [1.165, 1.54) is 197 Å². The van der Waals surface area contributed by atoms with Gasteiger partial charge in [-0.25, -0.2) is 0 Å². The van der Waals surface area contributed by atoms with Crippen LogP contribution in [-0.4, -0.2) is 0 Å². The van der Waals surface area contributed by atoms with Crippen molar-refractivity contribution in [1.29, 1.82) is 0 Å². The molecule has 0 atom stereocenters. The third-order valence-corrected chi connectivity index (χ3v) is 23.7. The second kappa shape index (κ2) is 19.3. The molecule has 3 aliphatic carbocycles. The van der Waals surface area contributed by atoms with Gasteiger partial charge in [0, 0.05) is 60.5 Å². The molecule has 0 N–H and O–H groups in total. The highest BCUT2D eigenvalue weighted by Crippen LogP contribution is 2.60. The van der Waals surface area contributed by atoms with Crippen LogP contribution in [0.25, 0.3) is 163 Å². The highest BCUT2D eigenvalue weighted by molar-refractivity contribution is 6.14. The molecule has 18 aromatic rings. The topological polar surface area (TPSA) is 39.3 Å². The average molecular weight is 1270 g/mol. The summed E-state index contributed by atoms with van der Waals surface area (Å²) in [6, 6.07) is 91.4. The number of nitrogens with zero attached hydrogens (tertiary/aromatic N) is 3. The number of hydrogen-bond donors (Lipinski definition) is 0. The van der Waals surface area contributed by atoms with Crippen molar-refractivity contribution in [2.45, 2.75) is 78.0 Å².